The predicted molar refractivity (Wildman–Crippen MR) is 122 cm³/mol. The van der Waals surface area contributed by atoms with Crippen LogP contribution in [-0.4, -0.2) is 25.5 Å². The molecule has 31 heavy (non-hydrogen) atoms. The first-order valence-corrected chi connectivity index (χ1v) is 10.1. The minimum absolute atomic E-state index is 0.180. The molecule has 7 heteroatoms. The van der Waals surface area contributed by atoms with Gasteiger partial charge in [0.2, 0.25) is 5.91 Å². The molecule has 1 amide bonds. The van der Waals surface area contributed by atoms with E-state index in [1.54, 1.807) is 10.9 Å². The smallest absolute Gasteiger partial charge is 0.293 e. The van der Waals surface area contributed by atoms with Gasteiger partial charge in [0.15, 0.2) is 0 Å². The van der Waals surface area contributed by atoms with Gasteiger partial charge in [-0.15, -0.1) is 0 Å². The summed E-state index contributed by atoms with van der Waals surface area (Å²) in [6, 6.07) is 11.7. The number of carbonyl (C=O) groups is 1. The quantitative estimate of drug-likeness (QED) is 0.550. The van der Waals surface area contributed by atoms with Crippen LogP contribution in [0, 0.1) is 34.6 Å². The van der Waals surface area contributed by atoms with Crippen molar-refractivity contribution < 1.29 is 4.79 Å². The Morgan fingerprint density at radius 2 is 1.74 bits per heavy atom. The molecule has 158 valence electrons. The summed E-state index contributed by atoms with van der Waals surface area (Å²) in [7, 11) is 0. The summed E-state index contributed by atoms with van der Waals surface area (Å²) in [6.07, 6.45) is 1.65. The molecule has 1 N–H and O–H groups in total. The summed E-state index contributed by atoms with van der Waals surface area (Å²) in [6.45, 7) is 9.63. The monoisotopic (exact) mass is 415 g/mol. The molecule has 0 unspecified atom stereocenters. The molecule has 2 aromatic heterocycles. The van der Waals surface area contributed by atoms with E-state index in [1.165, 1.54) is 10.2 Å². The topological polar surface area (TPSA) is 81.8 Å². The van der Waals surface area contributed by atoms with E-state index in [4.69, 9.17) is 0 Å². The van der Waals surface area contributed by atoms with E-state index in [9.17, 15) is 9.59 Å². The molecule has 2 heterocycles. The van der Waals surface area contributed by atoms with Crippen LogP contribution in [-0.2, 0) is 11.3 Å². The fourth-order valence-electron chi connectivity index (χ4n) is 3.66. The van der Waals surface area contributed by atoms with Gasteiger partial charge in [-0.2, -0.15) is 10.2 Å². The highest BCUT2D eigenvalue weighted by Crippen LogP contribution is 2.20. The molecule has 0 saturated heterocycles. The van der Waals surface area contributed by atoms with Crippen LogP contribution in [0.3, 0.4) is 0 Å². The van der Waals surface area contributed by atoms with Crippen LogP contribution < -0.4 is 10.9 Å². The molecule has 0 spiro atoms. The lowest BCUT2D eigenvalue weighted by Gasteiger charge is -2.11. The third-order valence-corrected chi connectivity index (χ3v) is 5.55. The molecule has 4 aromatic rings. The van der Waals surface area contributed by atoms with Gasteiger partial charge in [0, 0.05) is 11.1 Å². The molecule has 0 aliphatic rings. The van der Waals surface area contributed by atoms with Gasteiger partial charge in [-0.1, -0.05) is 23.8 Å². The Balaban J connectivity index is 1.72. The number of carbonyl (C=O) groups excluding carboxylic acids is 1. The van der Waals surface area contributed by atoms with Crippen LogP contribution in [0.2, 0.25) is 0 Å². The van der Waals surface area contributed by atoms with E-state index >= 15 is 0 Å². The molecular weight excluding hydrogens is 390 g/mol. The fraction of sp³-hybridized carbons (Fsp3) is 0.250. The molecule has 0 aliphatic carbocycles. The predicted octanol–water partition coefficient (Wildman–Crippen LogP) is 3.76. The van der Waals surface area contributed by atoms with Gasteiger partial charge < -0.3 is 5.32 Å². The minimum atomic E-state index is -0.355. The maximum atomic E-state index is 13.2. The average Bonchev–Trinajstić information content (AvgIpc) is 3.16. The van der Waals surface area contributed by atoms with Gasteiger partial charge in [-0.25, -0.2) is 9.36 Å². The van der Waals surface area contributed by atoms with Crippen molar-refractivity contribution >= 4 is 22.5 Å². The summed E-state index contributed by atoms with van der Waals surface area (Å²) in [5.41, 5.74) is 6.58. The lowest BCUT2D eigenvalue weighted by atomic mass is 10.1. The van der Waals surface area contributed by atoms with Gasteiger partial charge in [0.05, 0.1) is 17.6 Å². The van der Waals surface area contributed by atoms with Gasteiger partial charge in [-0.05, 0) is 69.5 Å². The molecule has 0 atom stereocenters. The Hall–Kier alpha value is -3.74. The molecule has 0 aliphatic heterocycles. The number of hydrogen-bond acceptors (Lipinski definition) is 4. The van der Waals surface area contributed by atoms with E-state index in [-0.39, 0.29) is 18.0 Å². The largest absolute Gasteiger partial charge is 0.324 e. The highest BCUT2D eigenvalue weighted by molar-refractivity contribution is 5.91. The number of aryl methyl sites for hydroxylation is 5. The average molecular weight is 415 g/mol. The first-order valence-electron chi connectivity index (χ1n) is 10.1. The maximum Gasteiger partial charge on any atom is 0.293 e. The normalized spacial score (nSPS) is 11.1. The first-order chi connectivity index (χ1) is 14.7. The van der Waals surface area contributed by atoms with Gasteiger partial charge in [0.25, 0.3) is 5.56 Å². The van der Waals surface area contributed by atoms with Gasteiger partial charge >= 0.3 is 0 Å². The number of aromatic nitrogens is 4. The molecule has 2 aromatic carbocycles. The van der Waals surface area contributed by atoms with Crippen molar-refractivity contribution in [1.29, 1.82) is 0 Å². The van der Waals surface area contributed by atoms with E-state index in [0.717, 1.165) is 28.1 Å². The third kappa shape index (κ3) is 3.86. The molecule has 7 nitrogen and oxygen atoms in total. The molecule has 0 bridgehead atoms. The molecule has 0 fully saturated rings. The molecular formula is C24H25N5O2. The highest BCUT2D eigenvalue weighted by atomic mass is 16.2. The SMILES string of the molecule is Cc1ccc(NC(=O)Cn2nc(C)c3cnn(-c4ccc(C)c(C)c4)c3c2=O)c(C)c1. The van der Waals surface area contributed by atoms with Crippen molar-refractivity contribution in [2.24, 2.45) is 0 Å². The maximum absolute atomic E-state index is 13.2. The van der Waals surface area contributed by atoms with Crippen molar-refractivity contribution in [3.63, 3.8) is 0 Å². The van der Waals surface area contributed by atoms with E-state index < -0.39 is 0 Å². The standard InChI is InChI=1S/C24H25N5O2/c1-14-6-9-21(17(4)10-14)26-22(30)13-28-24(31)23-20(18(5)27-28)12-25-29(23)19-8-7-15(2)16(3)11-19/h6-12H,13H2,1-5H3,(H,26,30). The summed E-state index contributed by atoms with van der Waals surface area (Å²) >= 11 is 0. The fourth-order valence-corrected chi connectivity index (χ4v) is 3.66. The molecule has 0 saturated carbocycles. The number of hydrogen-bond donors (Lipinski definition) is 1. The number of amides is 1. The number of fused-ring (bicyclic) bond motifs is 1. The lowest BCUT2D eigenvalue weighted by molar-refractivity contribution is -0.117. The van der Waals surface area contributed by atoms with Gasteiger partial charge in [-0.3, -0.25) is 9.59 Å². The zero-order valence-electron chi connectivity index (χ0n) is 18.4. The summed E-state index contributed by atoms with van der Waals surface area (Å²) in [5, 5.41) is 12.3. The van der Waals surface area contributed by atoms with Crippen LogP contribution in [0.5, 0.6) is 0 Å². The van der Waals surface area contributed by atoms with Crippen molar-refractivity contribution in [2.75, 3.05) is 5.32 Å². The minimum Gasteiger partial charge on any atom is -0.324 e. The van der Waals surface area contributed by atoms with Crippen LogP contribution in [0.15, 0.2) is 47.4 Å². The van der Waals surface area contributed by atoms with Crippen molar-refractivity contribution in [1.82, 2.24) is 19.6 Å². The summed E-state index contributed by atoms with van der Waals surface area (Å²) in [5.74, 6) is -0.308. The zero-order valence-corrected chi connectivity index (χ0v) is 18.4. The van der Waals surface area contributed by atoms with Crippen LogP contribution in [0.25, 0.3) is 16.6 Å². The Morgan fingerprint density at radius 3 is 2.45 bits per heavy atom. The number of rotatable bonds is 4. The molecule has 0 radical (unpaired) electrons. The Labute approximate surface area is 180 Å². The van der Waals surface area contributed by atoms with E-state index in [1.807, 2.05) is 71.0 Å². The summed E-state index contributed by atoms with van der Waals surface area (Å²) < 4.78 is 2.83. The second-order valence-electron chi connectivity index (χ2n) is 8.00. The third-order valence-electron chi connectivity index (χ3n) is 5.55. The lowest BCUT2D eigenvalue weighted by Crippen LogP contribution is -2.31. The van der Waals surface area contributed by atoms with Crippen LogP contribution in [0.1, 0.15) is 27.9 Å². The van der Waals surface area contributed by atoms with Crippen molar-refractivity contribution in [3.05, 3.63) is 80.9 Å². The van der Waals surface area contributed by atoms with Crippen LogP contribution >= 0.6 is 0 Å². The Bertz CT molecular complexity index is 1380. The Morgan fingerprint density at radius 1 is 0.968 bits per heavy atom. The number of benzene rings is 2. The summed E-state index contributed by atoms with van der Waals surface area (Å²) in [4.78, 5) is 25.9. The van der Waals surface area contributed by atoms with Crippen molar-refractivity contribution in [3.8, 4) is 5.69 Å². The number of nitrogens with one attached hydrogen (secondary N) is 1. The van der Waals surface area contributed by atoms with Crippen molar-refractivity contribution in [2.45, 2.75) is 41.2 Å². The zero-order chi connectivity index (χ0) is 22.3. The molecule has 4 rings (SSSR count). The highest BCUT2D eigenvalue weighted by Gasteiger charge is 2.17. The number of nitrogens with zero attached hydrogens (tertiary/aromatic N) is 4. The van der Waals surface area contributed by atoms with E-state index in [2.05, 4.69) is 15.5 Å². The number of anilines is 1. The van der Waals surface area contributed by atoms with Crippen LogP contribution in [0.4, 0.5) is 5.69 Å². The Kier molecular flexibility index (Phi) is 5.19. The van der Waals surface area contributed by atoms with E-state index in [0.29, 0.717) is 16.6 Å². The first kappa shape index (κ1) is 20.5. The van der Waals surface area contributed by atoms with Gasteiger partial charge in [0.1, 0.15) is 12.1 Å². The second-order valence-corrected chi connectivity index (χ2v) is 8.00. The second kappa shape index (κ2) is 7.83.